The first-order chi connectivity index (χ1) is 9.06. The Hall–Kier alpha value is -2.21. The van der Waals surface area contributed by atoms with Gasteiger partial charge in [0.05, 0.1) is 24.0 Å². The molecule has 0 bridgehead atoms. The number of anilines is 1. The van der Waals surface area contributed by atoms with Gasteiger partial charge in [-0.05, 0) is 18.2 Å². The van der Waals surface area contributed by atoms with E-state index in [1.54, 1.807) is 10.9 Å². The summed E-state index contributed by atoms with van der Waals surface area (Å²) in [6.45, 7) is 0.857. The molecule has 6 nitrogen and oxygen atoms in total. The average molecular weight is 281 g/mol. The van der Waals surface area contributed by atoms with Gasteiger partial charge in [-0.2, -0.15) is 5.10 Å². The van der Waals surface area contributed by atoms with Gasteiger partial charge in [-0.25, -0.2) is 0 Å². The van der Waals surface area contributed by atoms with E-state index in [9.17, 15) is 9.90 Å². The van der Waals surface area contributed by atoms with Crippen LogP contribution in [0.3, 0.4) is 0 Å². The van der Waals surface area contributed by atoms with Gasteiger partial charge in [0.15, 0.2) is 0 Å². The second-order valence-corrected chi connectivity index (χ2v) is 4.39. The molecule has 0 atom stereocenters. The number of carbonyl (C=O) groups excluding carboxylic acids is 1. The number of benzene rings is 1. The molecule has 0 aliphatic heterocycles. The van der Waals surface area contributed by atoms with Crippen LogP contribution >= 0.6 is 11.6 Å². The maximum atomic E-state index is 11.8. The number of phenols is 1. The number of halogens is 1. The van der Waals surface area contributed by atoms with Crippen molar-refractivity contribution in [3.63, 3.8) is 0 Å². The van der Waals surface area contributed by atoms with E-state index in [1.807, 2.05) is 0 Å². The minimum atomic E-state index is -0.389. The smallest absolute Gasteiger partial charge is 0.255 e. The maximum absolute atomic E-state index is 11.8. The SMILES string of the molecule is Nc1cnn(CCNC(=O)c2cc(Cl)ccc2O)c1. The van der Waals surface area contributed by atoms with Crippen molar-refractivity contribution in [1.29, 1.82) is 0 Å². The molecule has 2 rings (SSSR count). The third-order valence-corrected chi connectivity index (χ3v) is 2.72. The molecule has 1 aromatic heterocycles. The molecule has 1 amide bonds. The lowest BCUT2D eigenvalue weighted by Gasteiger charge is -2.07. The highest BCUT2D eigenvalue weighted by Gasteiger charge is 2.11. The van der Waals surface area contributed by atoms with Crippen LogP contribution in [0.4, 0.5) is 5.69 Å². The van der Waals surface area contributed by atoms with Crippen molar-refractivity contribution in [2.45, 2.75) is 6.54 Å². The number of nitrogens with two attached hydrogens (primary N) is 1. The zero-order chi connectivity index (χ0) is 13.8. The Morgan fingerprint density at radius 2 is 2.32 bits per heavy atom. The summed E-state index contributed by atoms with van der Waals surface area (Å²) in [7, 11) is 0. The summed E-state index contributed by atoms with van der Waals surface area (Å²) in [6, 6.07) is 4.31. The van der Waals surface area contributed by atoms with Crippen LogP contribution in [0.1, 0.15) is 10.4 Å². The Morgan fingerprint density at radius 1 is 1.53 bits per heavy atom. The summed E-state index contributed by atoms with van der Waals surface area (Å²) in [6.07, 6.45) is 3.20. The molecule has 4 N–H and O–H groups in total. The van der Waals surface area contributed by atoms with E-state index in [1.165, 1.54) is 24.4 Å². The summed E-state index contributed by atoms with van der Waals surface area (Å²) in [4.78, 5) is 11.8. The molecule has 0 aliphatic carbocycles. The molecule has 1 aromatic carbocycles. The van der Waals surface area contributed by atoms with Gasteiger partial charge >= 0.3 is 0 Å². The van der Waals surface area contributed by atoms with Crippen LogP contribution in [-0.4, -0.2) is 27.3 Å². The number of aromatic nitrogens is 2. The van der Waals surface area contributed by atoms with Gasteiger partial charge in [-0.15, -0.1) is 0 Å². The number of aromatic hydroxyl groups is 1. The van der Waals surface area contributed by atoms with Crippen LogP contribution in [0.5, 0.6) is 5.75 Å². The molecule has 19 heavy (non-hydrogen) atoms. The summed E-state index contributed by atoms with van der Waals surface area (Å²) < 4.78 is 1.62. The number of nitrogens with one attached hydrogen (secondary N) is 1. The number of hydrogen-bond donors (Lipinski definition) is 3. The van der Waals surface area contributed by atoms with Gasteiger partial charge in [0.25, 0.3) is 5.91 Å². The van der Waals surface area contributed by atoms with Gasteiger partial charge in [0, 0.05) is 17.8 Å². The van der Waals surface area contributed by atoms with E-state index in [0.717, 1.165) is 0 Å². The lowest BCUT2D eigenvalue weighted by atomic mass is 10.2. The Morgan fingerprint density at radius 3 is 3.00 bits per heavy atom. The highest BCUT2D eigenvalue weighted by Crippen LogP contribution is 2.21. The lowest BCUT2D eigenvalue weighted by molar-refractivity contribution is 0.0949. The predicted octanol–water partition coefficient (Wildman–Crippen LogP) is 1.25. The zero-order valence-corrected chi connectivity index (χ0v) is 10.8. The van der Waals surface area contributed by atoms with Crippen LogP contribution < -0.4 is 11.1 Å². The Balaban J connectivity index is 1.92. The number of rotatable bonds is 4. The molecule has 0 fully saturated rings. The molecule has 0 aliphatic rings. The molecular formula is C12H13ClN4O2. The fourth-order valence-corrected chi connectivity index (χ4v) is 1.74. The molecule has 2 aromatic rings. The maximum Gasteiger partial charge on any atom is 0.255 e. The van der Waals surface area contributed by atoms with Gasteiger partial charge in [0.2, 0.25) is 0 Å². The minimum Gasteiger partial charge on any atom is -0.507 e. The van der Waals surface area contributed by atoms with E-state index >= 15 is 0 Å². The lowest BCUT2D eigenvalue weighted by Crippen LogP contribution is -2.27. The second-order valence-electron chi connectivity index (χ2n) is 3.95. The summed E-state index contributed by atoms with van der Waals surface area (Å²) >= 11 is 5.77. The highest BCUT2D eigenvalue weighted by molar-refractivity contribution is 6.31. The quantitative estimate of drug-likeness (QED) is 0.786. The van der Waals surface area contributed by atoms with Crippen molar-refractivity contribution in [3.8, 4) is 5.75 Å². The van der Waals surface area contributed by atoms with Crippen molar-refractivity contribution in [2.24, 2.45) is 0 Å². The van der Waals surface area contributed by atoms with Gasteiger partial charge in [0.1, 0.15) is 5.75 Å². The zero-order valence-electron chi connectivity index (χ0n) is 10.0. The molecule has 7 heteroatoms. The molecule has 0 spiro atoms. The van der Waals surface area contributed by atoms with Crippen LogP contribution in [0.25, 0.3) is 0 Å². The Labute approximate surface area is 114 Å². The second kappa shape index (κ2) is 5.62. The van der Waals surface area contributed by atoms with Crippen LogP contribution in [-0.2, 0) is 6.54 Å². The highest BCUT2D eigenvalue weighted by atomic mass is 35.5. The molecule has 0 radical (unpaired) electrons. The van der Waals surface area contributed by atoms with Crippen LogP contribution in [0, 0.1) is 0 Å². The van der Waals surface area contributed by atoms with E-state index in [0.29, 0.717) is 23.8 Å². The Bertz CT molecular complexity index is 597. The molecule has 0 unspecified atom stereocenters. The van der Waals surface area contributed by atoms with Gasteiger partial charge in [-0.3, -0.25) is 9.48 Å². The predicted molar refractivity (Wildman–Crippen MR) is 72.1 cm³/mol. The first-order valence-corrected chi connectivity index (χ1v) is 5.98. The Kier molecular flexibility index (Phi) is 3.91. The van der Waals surface area contributed by atoms with Crippen molar-refractivity contribution in [3.05, 3.63) is 41.2 Å². The fraction of sp³-hybridized carbons (Fsp3) is 0.167. The molecular weight excluding hydrogens is 268 g/mol. The number of hydrogen-bond acceptors (Lipinski definition) is 4. The van der Waals surface area contributed by atoms with E-state index < -0.39 is 0 Å². The van der Waals surface area contributed by atoms with E-state index in [-0.39, 0.29) is 17.2 Å². The van der Waals surface area contributed by atoms with Crippen LogP contribution in [0.2, 0.25) is 5.02 Å². The average Bonchev–Trinajstić information content (AvgIpc) is 2.78. The third kappa shape index (κ3) is 3.38. The fourth-order valence-electron chi connectivity index (χ4n) is 1.57. The normalized spacial score (nSPS) is 10.4. The minimum absolute atomic E-state index is 0.106. The third-order valence-electron chi connectivity index (χ3n) is 2.48. The molecule has 0 saturated heterocycles. The standard InChI is InChI=1S/C12H13ClN4O2/c13-8-1-2-11(18)10(5-8)12(19)15-3-4-17-7-9(14)6-16-17/h1-2,5-7,18H,3-4,14H2,(H,15,19). The molecule has 0 saturated carbocycles. The van der Waals surface area contributed by atoms with Crippen LogP contribution in [0.15, 0.2) is 30.6 Å². The first-order valence-electron chi connectivity index (χ1n) is 5.61. The number of phenolic OH excluding ortho intramolecular Hbond substituents is 1. The van der Waals surface area contributed by atoms with Crippen molar-refractivity contribution >= 4 is 23.2 Å². The van der Waals surface area contributed by atoms with Gasteiger partial charge < -0.3 is 16.2 Å². The number of amides is 1. The summed E-state index contributed by atoms with van der Waals surface area (Å²) in [5.41, 5.74) is 6.23. The monoisotopic (exact) mass is 280 g/mol. The van der Waals surface area contributed by atoms with Crippen molar-refractivity contribution < 1.29 is 9.90 Å². The summed E-state index contributed by atoms with van der Waals surface area (Å²) in [5.74, 6) is -0.495. The molecule has 100 valence electrons. The van der Waals surface area contributed by atoms with E-state index in [2.05, 4.69) is 10.4 Å². The van der Waals surface area contributed by atoms with Gasteiger partial charge in [-0.1, -0.05) is 11.6 Å². The summed E-state index contributed by atoms with van der Waals surface area (Å²) in [5, 5.41) is 16.6. The number of nitrogens with zero attached hydrogens (tertiary/aromatic N) is 2. The van der Waals surface area contributed by atoms with Crippen molar-refractivity contribution in [1.82, 2.24) is 15.1 Å². The topological polar surface area (TPSA) is 93.2 Å². The van der Waals surface area contributed by atoms with E-state index in [4.69, 9.17) is 17.3 Å². The number of nitrogen functional groups attached to an aromatic ring is 1. The molecule has 1 heterocycles. The van der Waals surface area contributed by atoms with Crippen molar-refractivity contribution in [2.75, 3.05) is 12.3 Å². The largest absolute Gasteiger partial charge is 0.507 e. The first kappa shape index (κ1) is 13.2. The number of carbonyl (C=O) groups is 1.